The number of aromatic nitrogens is 2. The highest BCUT2D eigenvalue weighted by molar-refractivity contribution is 5.94. The van der Waals surface area contributed by atoms with Crippen LogP contribution in [0.25, 0.3) is 0 Å². The Hall–Kier alpha value is -2.63. The zero-order chi connectivity index (χ0) is 14.7. The van der Waals surface area contributed by atoms with Crippen molar-refractivity contribution in [2.24, 2.45) is 0 Å². The van der Waals surface area contributed by atoms with Gasteiger partial charge in [0.25, 0.3) is 11.5 Å². The first-order valence-electron chi connectivity index (χ1n) is 6.11. The molecule has 0 aliphatic rings. The summed E-state index contributed by atoms with van der Waals surface area (Å²) < 4.78 is 0. The highest BCUT2D eigenvalue weighted by Gasteiger charge is 2.16. The van der Waals surface area contributed by atoms with Crippen molar-refractivity contribution in [2.45, 2.75) is 20.4 Å². The molecule has 1 amide bonds. The number of amides is 1. The number of carbonyl (C=O) groups excluding carboxylic acids is 1. The van der Waals surface area contributed by atoms with E-state index >= 15 is 0 Å². The van der Waals surface area contributed by atoms with E-state index in [1.54, 1.807) is 0 Å². The summed E-state index contributed by atoms with van der Waals surface area (Å²) in [6.45, 7) is 3.81. The number of H-pyrrole nitrogens is 1. The minimum absolute atomic E-state index is 0.265. The average molecular weight is 273 g/mol. The van der Waals surface area contributed by atoms with E-state index in [-0.39, 0.29) is 11.5 Å². The van der Waals surface area contributed by atoms with Crippen molar-refractivity contribution in [1.29, 1.82) is 0 Å². The number of benzene rings is 1. The minimum Gasteiger partial charge on any atom is -0.501 e. The molecule has 0 spiro atoms. The monoisotopic (exact) mass is 273 g/mol. The maximum Gasteiger partial charge on any atom is 0.293 e. The predicted octanol–water partition coefficient (Wildman–Crippen LogP) is 1.02. The lowest BCUT2D eigenvalue weighted by Gasteiger charge is -2.07. The summed E-state index contributed by atoms with van der Waals surface area (Å²) in [5.41, 5.74) is 1.06. The van der Waals surface area contributed by atoms with Crippen LogP contribution in [0.4, 0.5) is 0 Å². The maximum absolute atomic E-state index is 11.9. The van der Waals surface area contributed by atoms with Gasteiger partial charge in [0, 0.05) is 6.54 Å². The zero-order valence-corrected chi connectivity index (χ0v) is 11.2. The molecule has 20 heavy (non-hydrogen) atoms. The summed E-state index contributed by atoms with van der Waals surface area (Å²) in [5, 5.41) is 12.2. The topological polar surface area (TPSA) is 95.1 Å². The van der Waals surface area contributed by atoms with Crippen LogP contribution in [-0.4, -0.2) is 21.0 Å². The van der Waals surface area contributed by atoms with Crippen LogP contribution in [0, 0.1) is 13.8 Å². The Morgan fingerprint density at radius 1 is 1.30 bits per heavy atom. The quantitative estimate of drug-likeness (QED) is 0.778. The van der Waals surface area contributed by atoms with Crippen molar-refractivity contribution in [2.75, 3.05) is 0 Å². The second-order valence-corrected chi connectivity index (χ2v) is 4.52. The van der Waals surface area contributed by atoms with Crippen molar-refractivity contribution in [3.05, 3.63) is 57.3 Å². The van der Waals surface area contributed by atoms with Gasteiger partial charge in [-0.2, -0.15) is 0 Å². The summed E-state index contributed by atoms with van der Waals surface area (Å²) in [6.07, 6.45) is 0. The molecule has 6 nitrogen and oxygen atoms in total. The van der Waals surface area contributed by atoms with E-state index in [4.69, 9.17) is 0 Å². The van der Waals surface area contributed by atoms with Crippen LogP contribution in [-0.2, 0) is 6.54 Å². The van der Waals surface area contributed by atoms with E-state index < -0.39 is 17.2 Å². The average Bonchev–Trinajstić information content (AvgIpc) is 2.42. The third-order valence-corrected chi connectivity index (χ3v) is 2.80. The number of carbonyl (C=O) groups is 1. The third-order valence-electron chi connectivity index (χ3n) is 2.80. The van der Waals surface area contributed by atoms with Crippen LogP contribution in [0.15, 0.2) is 29.1 Å². The SMILES string of the molecule is Cc1ccc(CNC(=O)c2nc(C)[nH]c(=O)c2O)cc1. The molecular weight excluding hydrogens is 258 g/mol. The Kier molecular flexibility index (Phi) is 3.84. The molecule has 0 saturated carbocycles. The van der Waals surface area contributed by atoms with Gasteiger partial charge < -0.3 is 15.4 Å². The highest BCUT2D eigenvalue weighted by atomic mass is 16.3. The van der Waals surface area contributed by atoms with Crippen LogP contribution < -0.4 is 10.9 Å². The van der Waals surface area contributed by atoms with Crippen molar-refractivity contribution in [3.63, 3.8) is 0 Å². The Balaban J connectivity index is 2.13. The van der Waals surface area contributed by atoms with Gasteiger partial charge in [-0.25, -0.2) is 4.98 Å². The van der Waals surface area contributed by atoms with Gasteiger partial charge in [0.1, 0.15) is 5.82 Å². The number of rotatable bonds is 3. The summed E-state index contributed by atoms with van der Waals surface area (Å²) in [5.74, 6) is -0.984. The third kappa shape index (κ3) is 3.03. The van der Waals surface area contributed by atoms with Gasteiger partial charge in [-0.1, -0.05) is 29.8 Å². The van der Waals surface area contributed by atoms with Crippen molar-refractivity contribution >= 4 is 5.91 Å². The van der Waals surface area contributed by atoms with Gasteiger partial charge in [-0.15, -0.1) is 0 Å². The Labute approximate surface area is 115 Å². The molecule has 0 radical (unpaired) electrons. The molecule has 0 bridgehead atoms. The lowest BCUT2D eigenvalue weighted by molar-refractivity contribution is 0.0942. The second kappa shape index (κ2) is 5.56. The molecule has 1 aromatic carbocycles. The molecule has 1 aromatic heterocycles. The van der Waals surface area contributed by atoms with Crippen LogP contribution in [0.2, 0.25) is 0 Å². The van der Waals surface area contributed by atoms with Gasteiger partial charge in [0.15, 0.2) is 5.69 Å². The minimum atomic E-state index is -0.724. The first kappa shape index (κ1) is 13.8. The number of aryl methyl sites for hydroxylation is 2. The van der Waals surface area contributed by atoms with Gasteiger partial charge in [0.2, 0.25) is 5.75 Å². The first-order chi connectivity index (χ1) is 9.47. The lowest BCUT2D eigenvalue weighted by atomic mass is 10.1. The first-order valence-corrected chi connectivity index (χ1v) is 6.11. The van der Waals surface area contributed by atoms with Crippen molar-refractivity contribution < 1.29 is 9.90 Å². The fourth-order valence-electron chi connectivity index (χ4n) is 1.71. The van der Waals surface area contributed by atoms with Crippen LogP contribution in [0.1, 0.15) is 27.4 Å². The molecule has 0 fully saturated rings. The predicted molar refractivity (Wildman–Crippen MR) is 73.6 cm³/mol. The number of aromatic hydroxyl groups is 1. The molecule has 0 saturated heterocycles. The number of nitrogens with zero attached hydrogens (tertiary/aromatic N) is 1. The van der Waals surface area contributed by atoms with Gasteiger partial charge in [-0.05, 0) is 19.4 Å². The lowest BCUT2D eigenvalue weighted by Crippen LogP contribution is -2.26. The van der Waals surface area contributed by atoms with E-state index in [0.29, 0.717) is 6.54 Å². The van der Waals surface area contributed by atoms with Crippen LogP contribution in [0.5, 0.6) is 5.75 Å². The van der Waals surface area contributed by atoms with Crippen molar-refractivity contribution in [1.82, 2.24) is 15.3 Å². The summed E-state index contributed by atoms with van der Waals surface area (Å²) in [7, 11) is 0. The molecular formula is C14H15N3O3. The second-order valence-electron chi connectivity index (χ2n) is 4.52. The fraction of sp³-hybridized carbons (Fsp3) is 0.214. The molecule has 6 heteroatoms. The zero-order valence-electron chi connectivity index (χ0n) is 11.2. The number of hydrogen-bond donors (Lipinski definition) is 3. The molecule has 2 aromatic rings. The standard InChI is InChI=1S/C14H15N3O3/c1-8-3-5-10(6-4-8)7-15-13(19)11-12(18)14(20)17-9(2)16-11/h3-6,18H,7H2,1-2H3,(H,15,19)(H,16,17,20). The number of hydrogen-bond acceptors (Lipinski definition) is 4. The van der Waals surface area contributed by atoms with E-state index in [0.717, 1.165) is 11.1 Å². The molecule has 0 aliphatic carbocycles. The Morgan fingerprint density at radius 3 is 2.60 bits per heavy atom. The van der Waals surface area contributed by atoms with E-state index in [2.05, 4.69) is 15.3 Å². The Bertz CT molecular complexity index is 690. The largest absolute Gasteiger partial charge is 0.501 e. The van der Waals surface area contributed by atoms with Gasteiger partial charge >= 0.3 is 0 Å². The van der Waals surface area contributed by atoms with Crippen molar-refractivity contribution in [3.8, 4) is 5.75 Å². The number of nitrogens with one attached hydrogen (secondary N) is 2. The van der Waals surface area contributed by atoms with E-state index in [9.17, 15) is 14.7 Å². The van der Waals surface area contributed by atoms with Crippen LogP contribution >= 0.6 is 0 Å². The smallest absolute Gasteiger partial charge is 0.293 e. The van der Waals surface area contributed by atoms with E-state index in [1.807, 2.05) is 31.2 Å². The normalized spacial score (nSPS) is 10.3. The summed E-state index contributed by atoms with van der Waals surface area (Å²) >= 11 is 0. The molecule has 0 aliphatic heterocycles. The van der Waals surface area contributed by atoms with Gasteiger partial charge in [-0.3, -0.25) is 9.59 Å². The van der Waals surface area contributed by atoms with E-state index in [1.165, 1.54) is 6.92 Å². The summed E-state index contributed by atoms with van der Waals surface area (Å²) in [4.78, 5) is 29.4. The maximum atomic E-state index is 11.9. The highest BCUT2D eigenvalue weighted by Crippen LogP contribution is 2.08. The number of aromatic amines is 1. The molecule has 1 heterocycles. The molecule has 0 unspecified atom stereocenters. The summed E-state index contributed by atoms with van der Waals surface area (Å²) in [6, 6.07) is 7.67. The Morgan fingerprint density at radius 2 is 1.95 bits per heavy atom. The molecule has 104 valence electrons. The van der Waals surface area contributed by atoms with Crippen LogP contribution in [0.3, 0.4) is 0 Å². The molecule has 3 N–H and O–H groups in total. The fourth-order valence-corrected chi connectivity index (χ4v) is 1.71. The van der Waals surface area contributed by atoms with Gasteiger partial charge in [0.05, 0.1) is 0 Å². The molecule has 0 atom stereocenters. The molecule has 2 rings (SSSR count).